The number of likely N-dealkylation sites (tertiary alicyclic amines) is 1. The van der Waals surface area contributed by atoms with E-state index in [1.165, 1.54) is 4.90 Å². The van der Waals surface area contributed by atoms with Crippen LogP contribution < -0.4 is 9.64 Å². The molecule has 2 heterocycles. The zero-order chi connectivity index (χ0) is 26.7. The molecule has 1 aromatic heterocycles. The van der Waals surface area contributed by atoms with Gasteiger partial charge >= 0.3 is 0 Å². The SMILES string of the molecule is Cc1cc(/C(O)=C2/C(=O)C(=O)N(Cc3cccnc3)C2c2ccc(N(C)C)cc2)ccc1OCC(C)C. The summed E-state index contributed by atoms with van der Waals surface area (Å²) in [6.45, 7) is 6.81. The number of amides is 1. The number of aryl methyl sites for hydroxylation is 1. The minimum Gasteiger partial charge on any atom is -0.507 e. The van der Waals surface area contributed by atoms with Crippen molar-refractivity contribution in [1.29, 1.82) is 0 Å². The van der Waals surface area contributed by atoms with Crippen molar-refractivity contribution in [1.82, 2.24) is 9.88 Å². The zero-order valence-corrected chi connectivity index (χ0v) is 21.9. The Morgan fingerprint density at radius 1 is 1.11 bits per heavy atom. The zero-order valence-electron chi connectivity index (χ0n) is 21.9. The summed E-state index contributed by atoms with van der Waals surface area (Å²) in [4.78, 5) is 34.2. The van der Waals surface area contributed by atoms with Crippen molar-refractivity contribution in [3.63, 3.8) is 0 Å². The number of ether oxygens (including phenoxy) is 1. The van der Waals surface area contributed by atoms with Crippen molar-refractivity contribution in [2.45, 2.75) is 33.4 Å². The Balaban J connectivity index is 1.79. The highest BCUT2D eigenvalue weighted by atomic mass is 16.5. The number of carbonyl (C=O) groups is 2. The van der Waals surface area contributed by atoms with Gasteiger partial charge in [-0.2, -0.15) is 0 Å². The third kappa shape index (κ3) is 5.50. The van der Waals surface area contributed by atoms with E-state index in [-0.39, 0.29) is 17.9 Å². The van der Waals surface area contributed by atoms with Gasteiger partial charge in [0.2, 0.25) is 0 Å². The number of benzene rings is 2. The number of ketones is 1. The molecule has 37 heavy (non-hydrogen) atoms. The van der Waals surface area contributed by atoms with Crippen LogP contribution in [0.5, 0.6) is 5.75 Å². The van der Waals surface area contributed by atoms with Crippen molar-refractivity contribution in [2.24, 2.45) is 5.92 Å². The van der Waals surface area contributed by atoms with E-state index >= 15 is 0 Å². The van der Waals surface area contributed by atoms with Crippen LogP contribution in [0.2, 0.25) is 0 Å². The number of rotatable bonds is 8. The third-order valence-electron chi connectivity index (χ3n) is 6.36. The number of anilines is 1. The highest BCUT2D eigenvalue weighted by Crippen LogP contribution is 2.41. The molecular weight excluding hydrogens is 466 g/mol. The Morgan fingerprint density at radius 3 is 2.43 bits per heavy atom. The Morgan fingerprint density at radius 2 is 1.84 bits per heavy atom. The van der Waals surface area contributed by atoms with Crippen LogP contribution in [0.15, 0.2) is 72.6 Å². The minimum atomic E-state index is -0.742. The predicted octanol–water partition coefficient (Wildman–Crippen LogP) is 5.11. The highest BCUT2D eigenvalue weighted by molar-refractivity contribution is 6.46. The molecule has 0 bridgehead atoms. The summed E-state index contributed by atoms with van der Waals surface area (Å²) < 4.78 is 5.86. The molecule has 3 aromatic rings. The number of hydrogen-bond acceptors (Lipinski definition) is 6. The smallest absolute Gasteiger partial charge is 0.295 e. The molecule has 0 spiro atoms. The lowest BCUT2D eigenvalue weighted by molar-refractivity contribution is -0.140. The van der Waals surface area contributed by atoms with E-state index in [2.05, 4.69) is 18.8 Å². The Labute approximate surface area is 218 Å². The molecule has 1 amide bonds. The van der Waals surface area contributed by atoms with Crippen LogP contribution in [0.25, 0.3) is 5.76 Å². The molecule has 1 atom stereocenters. The van der Waals surface area contributed by atoms with Gasteiger partial charge < -0.3 is 19.6 Å². The van der Waals surface area contributed by atoms with Crippen molar-refractivity contribution >= 4 is 23.1 Å². The average molecular weight is 500 g/mol. The molecule has 1 saturated heterocycles. The van der Waals surface area contributed by atoms with E-state index in [4.69, 9.17) is 4.74 Å². The summed E-state index contributed by atoms with van der Waals surface area (Å²) >= 11 is 0. The molecule has 7 nitrogen and oxygen atoms in total. The number of nitrogens with zero attached hydrogens (tertiary/aromatic N) is 3. The molecule has 2 aromatic carbocycles. The van der Waals surface area contributed by atoms with E-state index in [1.54, 1.807) is 36.7 Å². The number of pyridine rings is 1. The molecule has 1 unspecified atom stereocenters. The molecule has 192 valence electrons. The monoisotopic (exact) mass is 499 g/mol. The molecule has 0 aliphatic carbocycles. The van der Waals surface area contributed by atoms with Crippen molar-refractivity contribution in [2.75, 3.05) is 25.6 Å². The Bertz CT molecular complexity index is 1310. The summed E-state index contributed by atoms with van der Waals surface area (Å²) in [5, 5.41) is 11.4. The van der Waals surface area contributed by atoms with Gasteiger partial charge in [-0.3, -0.25) is 14.6 Å². The third-order valence-corrected chi connectivity index (χ3v) is 6.36. The van der Waals surface area contributed by atoms with Crippen molar-refractivity contribution in [3.05, 3.63) is 94.8 Å². The second kappa shape index (κ2) is 10.9. The fourth-order valence-corrected chi connectivity index (χ4v) is 4.40. The van der Waals surface area contributed by atoms with Crippen molar-refractivity contribution in [3.8, 4) is 5.75 Å². The first kappa shape index (κ1) is 25.9. The second-order valence-corrected chi connectivity index (χ2v) is 9.96. The minimum absolute atomic E-state index is 0.0711. The standard InChI is InChI=1S/C30H33N3O4/c1-19(2)18-37-25-13-10-23(15-20(25)3)28(34)26-27(22-8-11-24(12-9-22)32(4)5)33(30(36)29(26)35)17-21-7-6-14-31-16-21/h6-16,19,27,34H,17-18H2,1-5H3/b28-26-. The molecule has 0 saturated carbocycles. The Kier molecular flexibility index (Phi) is 7.62. The number of carbonyl (C=O) groups excluding carboxylic acids is 2. The van der Waals surface area contributed by atoms with E-state index in [1.807, 2.05) is 56.3 Å². The molecule has 0 radical (unpaired) electrons. The number of aliphatic hydroxyl groups excluding tert-OH is 1. The van der Waals surface area contributed by atoms with E-state index < -0.39 is 17.7 Å². The van der Waals surface area contributed by atoms with Gasteiger partial charge in [0.05, 0.1) is 18.2 Å². The summed E-state index contributed by atoms with van der Waals surface area (Å²) in [6.07, 6.45) is 3.33. The van der Waals surface area contributed by atoms with Crippen LogP contribution in [-0.2, 0) is 16.1 Å². The molecule has 4 rings (SSSR count). The van der Waals surface area contributed by atoms with E-state index in [0.717, 1.165) is 28.1 Å². The van der Waals surface area contributed by atoms with Crippen LogP contribution in [0.3, 0.4) is 0 Å². The van der Waals surface area contributed by atoms with Gasteiger partial charge in [0.15, 0.2) is 0 Å². The van der Waals surface area contributed by atoms with Crippen LogP contribution in [0, 0.1) is 12.8 Å². The normalized spacial score (nSPS) is 16.9. The number of hydrogen-bond donors (Lipinski definition) is 1. The van der Waals surface area contributed by atoms with E-state index in [9.17, 15) is 14.7 Å². The fraction of sp³-hybridized carbons (Fsp3) is 0.300. The average Bonchev–Trinajstić information content (AvgIpc) is 3.13. The second-order valence-electron chi connectivity index (χ2n) is 9.96. The van der Waals surface area contributed by atoms with Crippen LogP contribution in [0.1, 0.15) is 42.1 Å². The first-order valence-corrected chi connectivity index (χ1v) is 12.4. The van der Waals surface area contributed by atoms with Crippen molar-refractivity contribution < 1.29 is 19.4 Å². The summed E-state index contributed by atoms with van der Waals surface area (Å²) in [5.74, 6) is -0.464. The Hall–Kier alpha value is -4.13. The summed E-state index contributed by atoms with van der Waals surface area (Å²) in [6, 6.07) is 15.9. The molecule has 1 fully saturated rings. The molecule has 1 aliphatic rings. The maximum atomic E-state index is 13.4. The largest absolute Gasteiger partial charge is 0.507 e. The maximum absolute atomic E-state index is 13.4. The lowest BCUT2D eigenvalue weighted by Gasteiger charge is -2.26. The molecule has 1 aliphatic heterocycles. The van der Waals surface area contributed by atoms with Gasteiger partial charge in [0.1, 0.15) is 11.5 Å². The van der Waals surface area contributed by atoms with Gasteiger partial charge in [0, 0.05) is 44.3 Å². The molecular formula is C30H33N3O4. The van der Waals surface area contributed by atoms with Crippen LogP contribution in [-0.4, -0.2) is 47.4 Å². The lowest BCUT2D eigenvalue weighted by Crippen LogP contribution is -2.29. The fourth-order valence-electron chi connectivity index (χ4n) is 4.40. The van der Waals surface area contributed by atoms with Gasteiger partial charge in [-0.25, -0.2) is 0 Å². The summed E-state index contributed by atoms with van der Waals surface area (Å²) in [7, 11) is 3.89. The van der Waals surface area contributed by atoms with Crippen LogP contribution >= 0.6 is 0 Å². The molecule has 1 N–H and O–H groups in total. The summed E-state index contributed by atoms with van der Waals surface area (Å²) in [5.41, 5.74) is 3.89. The van der Waals surface area contributed by atoms with Gasteiger partial charge in [-0.15, -0.1) is 0 Å². The van der Waals surface area contributed by atoms with E-state index in [0.29, 0.717) is 18.1 Å². The number of aliphatic hydroxyl groups is 1. The van der Waals surface area contributed by atoms with Gasteiger partial charge in [-0.1, -0.05) is 32.0 Å². The van der Waals surface area contributed by atoms with Gasteiger partial charge in [0.25, 0.3) is 11.7 Å². The maximum Gasteiger partial charge on any atom is 0.295 e. The quantitative estimate of drug-likeness (QED) is 0.263. The topological polar surface area (TPSA) is 83.0 Å². The highest BCUT2D eigenvalue weighted by Gasteiger charge is 2.46. The first-order chi connectivity index (χ1) is 17.7. The van der Waals surface area contributed by atoms with Gasteiger partial charge in [-0.05, 0) is 65.9 Å². The lowest BCUT2D eigenvalue weighted by atomic mass is 9.94. The van der Waals surface area contributed by atoms with Crippen LogP contribution in [0.4, 0.5) is 5.69 Å². The predicted molar refractivity (Wildman–Crippen MR) is 144 cm³/mol. The number of aromatic nitrogens is 1. The molecule has 7 heteroatoms. The number of Topliss-reactive ketones (excluding diaryl/α,β-unsaturated/α-hetero) is 1. The first-order valence-electron chi connectivity index (χ1n) is 12.4.